The van der Waals surface area contributed by atoms with E-state index in [1.807, 2.05) is 6.92 Å². The van der Waals surface area contributed by atoms with E-state index in [-0.39, 0.29) is 24.0 Å². The largest absolute Gasteiger partial charge is 0.507 e. The minimum Gasteiger partial charge on any atom is -0.507 e. The van der Waals surface area contributed by atoms with Crippen molar-refractivity contribution in [1.29, 1.82) is 0 Å². The van der Waals surface area contributed by atoms with Crippen LogP contribution in [0.25, 0.3) is 5.76 Å². The lowest BCUT2D eigenvalue weighted by molar-refractivity contribution is -0.141. The van der Waals surface area contributed by atoms with Gasteiger partial charge >= 0.3 is 0 Å². The molecular formula is C23H25NO6. The van der Waals surface area contributed by atoms with Gasteiger partial charge in [0.05, 0.1) is 18.3 Å². The van der Waals surface area contributed by atoms with Crippen LogP contribution in [-0.2, 0) is 14.3 Å². The molecule has 0 spiro atoms. The number of aryl methyl sites for hydroxylation is 1. The highest BCUT2D eigenvalue weighted by molar-refractivity contribution is 6.46. The lowest BCUT2D eigenvalue weighted by Gasteiger charge is -2.25. The van der Waals surface area contributed by atoms with Gasteiger partial charge in [0.1, 0.15) is 29.1 Å². The third kappa shape index (κ3) is 3.73. The number of likely N-dealkylation sites (tertiary alicyclic amines) is 1. The molecule has 2 unspecified atom stereocenters. The second-order valence-corrected chi connectivity index (χ2v) is 7.49. The van der Waals surface area contributed by atoms with E-state index >= 15 is 0 Å². The Kier molecular flexibility index (Phi) is 5.63. The minimum absolute atomic E-state index is 0.0245. The van der Waals surface area contributed by atoms with Crippen LogP contribution in [0.4, 0.5) is 0 Å². The van der Waals surface area contributed by atoms with Crippen molar-refractivity contribution < 1.29 is 28.6 Å². The lowest BCUT2D eigenvalue weighted by atomic mass is 9.99. The molecule has 158 valence electrons. The zero-order valence-electron chi connectivity index (χ0n) is 17.1. The highest BCUT2D eigenvalue weighted by Gasteiger charge is 2.48. The molecule has 1 N–H and O–H groups in total. The number of ketones is 1. The highest BCUT2D eigenvalue weighted by Crippen LogP contribution is 2.40. The first-order chi connectivity index (χ1) is 14.5. The van der Waals surface area contributed by atoms with Crippen LogP contribution in [0.3, 0.4) is 0 Å². The number of carbonyl (C=O) groups is 2. The van der Waals surface area contributed by atoms with Gasteiger partial charge in [0.2, 0.25) is 0 Å². The zero-order valence-corrected chi connectivity index (χ0v) is 17.1. The number of Topliss-reactive ketones (excluding diaryl/α,β-unsaturated/α-hetero) is 1. The summed E-state index contributed by atoms with van der Waals surface area (Å²) in [6.45, 7) is 5.12. The Morgan fingerprint density at radius 2 is 1.97 bits per heavy atom. The van der Waals surface area contributed by atoms with Gasteiger partial charge in [0.25, 0.3) is 11.7 Å². The number of hydrogen-bond acceptors (Lipinski definition) is 6. The van der Waals surface area contributed by atoms with E-state index in [9.17, 15) is 14.7 Å². The average molecular weight is 411 g/mol. The SMILES string of the molecule is CCOc1ccc(C(O)=C2C(=O)C(=O)N(CC3CCCO3)C2c2ccc(C)o2)cc1. The van der Waals surface area contributed by atoms with Crippen LogP contribution in [-0.4, -0.2) is 47.6 Å². The molecule has 1 aromatic heterocycles. The van der Waals surface area contributed by atoms with Crippen molar-refractivity contribution in [2.24, 2.45) is 0 Å². The van der Waals surface area contributed by atoms with Crippen LogP contribution in [0.15, 0.2) is 46.4 Å². The third-order valence-electron chi connectivity index (χ3n) is 5.43. The van der Waals surface area contributed by atoms with Crippen LogP contribution in [0.5, 0.6) is 5.75 Å². The first-order valence-corrected chi connectivity index (χ1v) is 10.2. The van der Waals surface area contributed by atoms with E-state index in [0.717, 1.165) is 12.8 Å². The Hall–Kier alpha value is -3.06. The maximum Gasteiger partial charge on any atom is 0.295 e. The molecule has 1 amide bonds. The fraction of sp³-hybridized carbons (Fsp3) is 0.391. The van der Waals surface area contributed by atoms with E-state index in [1.54, 1.807) is 43.3 Å². The number of benzene rings is 1. The van der Waals surface area contributed by atoms with Crippen molar-refractivity contribution >= 4 is 17.4 Å². The molecule has 30 heavy (non-hydrogen) atoms. The monoisotopic (exact) mass is 411 g/mol. The molecule has 0 radical (unpaired) electrons. The number of ether oxygens (including phenoxy) is 2. The summed E-state index contributed by atoms with van der Waals surface area (Å²) in [4.78, 5) is 27.3. The predicted molar refractivity (Wildman–Crippen MR) is 109 cm³/mol. The van der Waals surface area contributed by atoms with Crippen LogP contribution < -0.4 is 4.74 Å². The molecule has 7 nitrogen and oxygen atoms in total. The molecule has 7 heteroatoms. The van der Waals surface area contributed by atoms with Crippen molar-refractivity contribution in [3.05, 3.63) is 59.1 Å². The summed E-state index contributed by atoms with van der Waals surface area (Å²) in [6, 6.07) is 9.48. The summed E-state index contributed by atoms with van der Waals surface area (Å²) in [5.41, 5.74) is 0.457. The van der Waals surface area contributed by atoms with Gasteiger partial charge in [-0.3, -0.25) is 9.59 Å². The number of amides is 1. The molecule has 1 aromatic carbocycles. The van der Waals surface area contributed by atoms with Crippen molar-refractivity contribution in [3.63, 3.8) is 0 Å². The first kappa shape index (κ1) is 20.2. The minimum atomic E-state index is -0.797. The van der Waals surface area contributed by atoms with Crippen molar-refractivity contribution in [3.8, 4) is 5.75 Å². The number of aliphatic hydroxyl groups is 1. The van der Waals surface area contributed by atoms with Crippen LogP contribution in [0.2, 0.25) is 0 Å². The predicted octanol–water partition coefficient (Wildman–Crippen LogP) is 3.59. The molecule has 0 bridgehead atoms. The summed E-state index contributed by atoms with van der Waals surface area (Å²) in [5, 5.41) is 11.0. The molecule has 4 rings (SSSR count). The number of furan rings is 1. The molecule has 0 saturated carbocycles. The van der Waals surface area contributed by atoms with Gasteiger partial charge in [-0.1, -0.05) is 0 Å². The van der Waals surface area contributed by atoms with Crippen LogP contribution in [0, 0.1) is 6.92 Å². The zero-order chi connectivity index (χ0) is 21.3. The Morgan fingerprint density at radius 1 is 1.20 bits per heavy atom. The number of nitrogens with zero attached hydrogens (tertiary/aromatic N) is 1. The van der Waals surface area contributed by atoms with Crippen LogP contribution >= 0.6 is 0 Å². The molecule has 2 aliphatic rings. The number of rotatable bonds is 6. The van der Waals surface area contributed by atoms with E-state index in [2.05, 4.69) is 0 Å². The normalized spacial score (nSPS) is 23.3. The standard InChI is InChI=1S/C23H25NO6/c1-3-28-16-9-7-15(8-10-16)21(25)19-20(18-11-6-14(2)30-18)24(23(27)22(19)26)13-17-5-4-12-29-17/h6-11,17,20,25H,3-5,12-13H2,1-2H3. The van der Waals surface area contributed by atoms with Crippen LogP contribution in [0.1, 0.15) is 42.9 Å². The highest BCUT2D eigenvalue weighted by atomic mass is 16.5. The Bertz CT molecular complexity index is 968. The van der Waals surface area contributed by atoms with Crippen molar-refractivity contribution in [1.82, 2.24) is 4.90 Å². The molecule has 2 fully saturated rings. The number of carbonyl (C=O) groups excluding carboxylic acids is 2. The van der Waals surface area contributed by atoms with Crippen molar-refractivity contribution in [2.45, 2.75) is 38.8 Å². The topological polar surface area (TPSA) is 89.2 Å². The smallest absolute Gasteiger partial charge is 0.295 e. The Morgan fingerprint density at radius 3 is 2.57 bits per heavy atom. The fourth-order valence-corrected chi connectivity index (χ4v) is 4.00. The molecule has 2 aliphatic heterocycles. The number of hydrogen-bond donors (Lipinski definition) is 1. The van der Waals surface area contributed by atoms with E-state index in [1.165, 1.54) is 4.90 Å². The van der Waals surface area contributed by atoms with Gasteiger partial charge < -0.3 is 23.9 Å². The molecular weight excluding hydrogens is 386 g/mol. The Labute approximate surface area is 174 Å². The summed E-state index contributed by atoms with van der Waals surface area (Å²) in [7, 11) is 0. The van der Waals surface area contributed by atoms with E-state index in [4.69, 9.17) is 13.9 Å². The summed E-state index contributed by atoms with van der Waals surface area (Å²) in [6.07, 6.45) is 1.61. The molecule has 0 aliphatic carbocycles. The van der Waals surface area contributed by atoms with Gasteiger partial charge in [-0.2, -0.15) is 0 Å². The van der Waals surface area contributed by atoms with Crippen molar-refractivity contribution in [2.75, 3.05) is 19.8 Å². The average Bonchev–Trinajstić information content (AvgIpc) is 3.46. The quantitative estimate of drug-likeness (QED) is 0.444. The number of aliphatic hydroxyl groups excluding tert-OH is 1. The second-order valence-electron chi connectivity index (χ2n) is 7.49. The fourth-order valence-electron chi connectivity index (χ4n) is 4.00. The molecule has 2 saturated heterocycles. The maximum absolute atomic E-state index is 12.9. The maximum atomic E-state index is 12.9. The molecule has 2 atom stereocenters. The lowest BCUT2D eigenvalue weighted by Crippen LogP contribution is -2.36. The van der Waals surface area contributed by atoms with Gasteiger partial charge in [-0.05, 0) is 63.1 Å². The second kappa shape index (κ2) is 8.36. The third-order valence-corrected chi connectivity index (χ3v) is 5.43. The molecule has 2 aromatic rings. The summed E-state index contributed by atoms with van der Waals surface area (Å²) in [5.74, 6) is 0.151. The summed E-state index contributed by atoms with van der Waals surface area (Å²) < 4.78 is 16.9. The van der Waals surface area contributed by atoms with Gasteiger partial charge in [0, 0.05) is 18.7 Å². The van der Waals surface area contributed by atoms with E-state index in [0.29, 0.717) is 36.0 Å². The first-order valence-electron chi connectivity index (χ1n) is 10.2. The van der Waals surface area contributed by atoms with Gasteiger partial charge in [-0.25, -0.2) is 0 Å². The van der Waals surface area contributed by atoms with Gasteiger partial charge in [-0.15, -0.1) is 0 Å². The summed E-state index contributed by atoms with van der Waals surface area (Å²) >= 11 is 0. The van der Waals surface area contributed by atoms with E-state index < -0.39 is 17.7 Å². The Balaban J connectivity index is 1.76. The molecule has 3 heterocycles. The van der Waals surface area contributed by atoms with Gasteiger partial charge in [0.15, 0.2) is 0 Å².